The molecule has 0 aliphatic carbocycles. The second-order valence-electron chi connectivity index (χ2n) is 0. The molecule has 28 valence electrons. The fraction of sp³-hybridized carbons (Fsp3) is 0. The van der Waals surface area contributed by atoms with Crippen LogP contribution in [0, 0.1) is 0 Å². The first-order chi connectivity index (χ1) is 0. The van der Waals surface area contributed by atoms with Crippen molar-refractivity contribution in [1.82, 2.24) is 0 Å². The molecule has 0 rings (SSSR count). The molecule has 0 saturated carbocycles. The standard InChI is InChI=1S/Ba.2FH.GeH4.2H/h;2*1H;1H4;;/q+2;;;;2*-1. The Kier molecular flexibility index (Phi) is 191. The third kappa shape index (κ3) is 9.02. The van der Waals surface area contributed by atoms with Gasteiger partial charge in [-0.05, 0) is 0 Å². The van der Waals surface area contributed by atoms with Crippen LogP contribution >= 0.6 is 0 Å². The van der Waals surface area contributed by atoms with Crippen LogP contribution < -0.4 is 0 Å². The van der Waals surface area contributed by atoms with E-state index in [0.29, 0.717) is 0 Å². The van der Waals surface area contributed by atoms with E-state index < -0.39 is 0 Å². The van der Waals surface area contributed by atoms with Crippen LogP contribution in [0.15, 0.2) is 0 Å². The van der Waals surface area contributed by atoms with E-state index in [1.807, 2.05) is 0 Å². The smallest absolute Gasteiger partial charge is 1.00 e. The fourth-order valence-electron chi connectivity index (χ4n) is 0. The average Bonchev–Trinajstić information content (AvgIpc) is 0. The predicted octanol–water partition coefficient (Wildman–Crippen LogP) is -1.30. The van der Waals surface area contributed by atoms with Gasteiger partial charge in [0.2, 0.25) is 0 Å². The van der Waals surface area contributed by atoms with Crippen molar-refractivity contribution in [2.75, 3.05) is 0 Å². The van der Waals surface area contributed by atoms with Crippen molar-refractivity contribution in [1.29, 1.82) is 0 Å². The molecule has 0 unspecified atom stereocenters. The van der Waals surface area contributed by atoms with Gasteiger partial charge in [0.1, 0.15) is 0 Å². The minimum Gasteiger partial charge on any atom is -1.00 e. The SMILES string of the molecule is F.F.[Ba+2].[GeH4].[H-].[H-]. The van der Waals surface area contributed by atoms with Gasteiger partial charge >= 0.3 is 66.5 Å². The quantitative estimate of drug-likeness (QED) is 0.472. The van der Waals surface area contributed by atoms with Gasteiger partial charge in [0, 0.05) is 0 Å². The molecule has 0 bridgehead atoms. The van der Waals surface area contributed by atoms with Crippen LogP contribution in [-0.4, -0.2) is 66.5 Å². The number of hydrogen-bond donors (Lipinski definition) is 0. The maximum absolute atomic E-state index is 0. The summed E-state index contributed by atoms with van der Waals surface area (Å²) in [5, 5.41) is 0. The molecule has 0 atom stereocenters. The first kappa shape index (κ1) is 37.9. The van der Waals surface area contributed by atoms with Crippen molar-refractivity contribution in [3.8, 4) is 0 Å². The van der Waals surface area contributed by atoms with Crippen LogP contribution in [0.2, 0.25) is 0 Å². The van der Waals surface area contributed by atoms with E-state index >= 15 is 0 Å². The third-order valence-electron chi connectivity index (χ3n) is 0. The predicted molar refractivity (Wildman–Crippen MR) is 24.3 cm³/mol. The summed E-state index contributed by atoms with van der Waals surface area (Å²) < 4.78 is 0. The Labute approximate surface area is 77.5 Å². The van der Waals surface area contributed by atoms with Crippen molar-refractivity contribution < 1.29 is 12.3 Å². The zero-order valence-electron chi connectivity index (χ0n) is 3.52. The van der Waals surface area contributed by atoms with E-state index in [4.69, 9.17) is 0 Å². The molecule has 0 spiro atoms. The molecule has 0 aromatic rings. The Balaban J connectivity index is 0. The number of rotatable bonds is 0. The van der Waals surface area contributed by atoms with Crippen LogP contribution in [0.5, 0.6) is 0 Å². The molecule has 0 aromatic carbocycles. The fourth-order valence-corrected chi connectivity index (χ4v) is 0. The van der Waals surface area contributed by atoms with Crippen LogP contribution in [0.25, 0.3) is 0 Å². The van der Waals surface area contributed by atoms with Crippen molar-refractivity contribution >= 4 is 66.5 Å². The Bertz CT molecular complexity index is 11.5. The van der Waals surface area contributed by atoms with E-state index in [1.54, 1.807) is 0 Å². The van der Waals surface area contributed by atoms with Gasteiger partial charge in [0.15, 0.2) is 0 Å². The minimum atomic E-state index is 0. The first-order valence-electron chi connectivity index (χ1n) is 0. The summed E-state index contributed by atoms with van der Waals surface area (Å²) in [6.45, 7) is 0. The number of halogens is 2. The zero-order chi connectivity index (χ0) is 0. The molecule has 0 aliphatic rings. The molecule has 0 saturated heterocycles. The molecule has 4 heavy (non-hydrogen) atoms. The van der Waals surface area contributed by atoms with Crippen molar-refractivity contribution in [3.63, 3.8) is 0 Å². The van der Waals surface area contributed by atoms with Crippen molar-refractivity contribution in [3.05, 3.63) is 0 Å². The van der Waals surface area contributed by atoms with E-state index in [2.05, 4.69) is 0 Å². The molecule has 4 heteroatoms. The van der Waals surface area contributed by atoms with Gasteiger partial charge in [-0.1, -0.05) is 0 Å². The van der Waals surface area contributed by atoms with Crippen molar-refractivity contribution in [2.24, 2.45) is 0 Å². The van der Waals surface area contributed by atoms with Crippen LogP contribution in [-0.2, 0) is 0 Å². The van der Waals surface area contributed by atoms with E-state index in [9.17, 15) is 0 Å². The molecule has 0 amide bonds. The Morgan fingerprint density at radius 2 is 1.00 bits per heavy atom. The molecule has 0 aromatic heterocycles. The van der Waals surface area contributed by atoms with Crippen molar-refractivity contribution in [2.45, 2.75) is 0 Å². The Hall–Kier alpha value is 1.97. The van der Waals surface area contributed by atoms with Gasteiger partial charge < -0.3 is 2.85 Å². The van der Waals surface area contributed by atoms with Gasteiger partial charge in [-0.2, -0.15) is 0 Å². The molecule has 0 aliphatic heterocycles. The second-order valence-corrected chi connectivity index (χ2v) is 0. The van der Waals surface area contributed by atoms with Gasteiger partial charge in [-0.3, -0.25) is 9.41 Å². The van der Waals surface area contributed by atoms with E-state index in [1.165, 1.54) is 0 Å². The normalized spacial score (nSPS) is 0. The average molecular weight is 256 g/mol. The summed E-state index contributed by atoms with van der Waals surface area (Å²) >= 11 is 0. The molecule has 0 nitrogen and oxygen atoms in total. The molecular formula is H8BaF2Ge. The summed E-state index contributed by atoms with van der Waals surface area (Å²) in [5.41, 5.74) is 0. The molecule has 0 fully saturated rings. The van der Waals surface area contributed by atoms with E-state index in [0.717, 1.165) is 0 Å². The van der Waals surface area contributed by atoms with Gasteiger partial charge in [-0.25, -0.2) is 0 Å². The summed E-state index contributed by atoms with van der Waals surface area (Å²) in [7, 11) is 0. The summed E-state index contributed by atoms with van der Waals surface area (Å²) in [6.07, 6.45) is 0. The summed E-state index contributed by atoms with van der Waals surface area (Å²) in [4.78, 5) is 0. The van der Waals surface area contributed by atoms with Gasteiger partial charge in [0.25, 0.3) is 0 Å². The maximum atomic E-state index is 0. The minimum absolute atomic E-state index is 0. The molecule has 0 radical (unpaired) electrons. The molecule has 0 heterocycles. The largest absolute Gasteiger partial charge is 1.00 e. The zero-order valence-corrected chi connectivity index (χ0v) is 5.96. The van der Waals surface area contributed by atoms with Gasteiger partial charge in [-0.15, -0.1) is 0 Å². The van der Waals surface area contributed by atoms with E-state index in [-0.39, 0.29) is 78.7 Å². The Morgan fingerprint density at radius 3 is 1.00 bits per heavy atom. The first-order valence-corrected chi connectivity index (χ1v) is 0. The van der Waals surface area contributed by atoms with Crippen LogP contribution in [0.1, 0.15) is 2.85 Å². The molecule has 0 N–H and O–H groups in total. The summed E-state index contributed by atoms with van der Waals surface area (Å²) in [5.74, 6) is 0. The monoisotopic (exact) mass is 258 g/mol. The van der Waals surface area contributed by atoms with Gasteiger partial charge in [0.05, 0.1) is 0 Å². The van der Waals surface area contributed by atoms with Crippen LogP contribution in [0.4, 0.5) is 9.41 Å². The maximum Gasteiger partial charge on any atom is -1.00 e. The summed E-state index contributed by atoms with van der Waals surface area (Å²) in [6, 6.07) is 0. The third-order valence-corrected chi connectivity index (χ3v) is 0. The Morgan fingerprint density at radius 1 is 1.00 bits per heavy atom. The second kappa shape index (κ2) is 20.2. The van der Waals surface area contributed by atoms with Crippen LogP contribution in [0.3, 0.4) is 0 Å². The molecular weight excluding hydrogens is 248 g/mol. The number of hydrogen-bond acceptors (Lipinski definition) is 0. The topological polar surface area (TPSA) is 0 Å².